The lowest BCUT2D eigenvalue weighted by molar-refractivity contribution is 0.102. The summed E-state index contributed by atoms with van der Waals surface area (Å²) in [6.07, 6.45) is 2.53. The van der Waals surface area contributed by atoms with Crippen molar-refractivity contribution in [2.45, 2.75) is 19.4 Å². The molecule has 0 atom stereocenters. The summed E-state index contributed by atoms with van der Waals surface area (Å²) in [5, 5.41) is 3.49. The molecule has 1 fully saturated rings. The van der Waals surface area contributed by atoms with Gasteiger partial charge in [-0.05, 0) is 55.8 Å². The van der Waals surface area contributed by atoms with Crippen molar-refractivity contribution in [3.63, 3.8) is 0 Å². The van der Waals surface area contributed by atoms with Crippen molar-refractivity contribution in [3.05, 3.63) is 76.1 Å². The molecule has 1 aromatic heterocycles. The number of carbonyl (C=O) groups is 1. The Morgan fingerprint density at radius 1 is 1.04 bits per heavy atom. The number of benzene rings is 2. The molecule has 132 valence electrons. The summed E-state index contributed by atoms with van der Waals surface area (Å²) in [4.78, 5) is 27.0. The summed E-state index contributed by atoms with van der Waals surface area (Å²) in [5.74, 6) is -0.461. The molecule has 4 rings (SSSR count). The Hall–Kier alpha value is -2.92. The molecule has 2 heterocycles. The van der Waals surface area contributed by atoms with Crippen LogP contribution in [0.2, 0.25) is 0 Å². The number of amides is 1. The van der Waals surface area contributed by atoms with Crippen LogP contribution in [0.1, 0.15) is 28.8 Å². The molecule has 0 aliphatic carbocycles. The third-order valence-electron chi connectivity index (χ3n) is 4.70. The van der Waals surface area contributed by atoms with Gasteiger partial charge in [0.05, 0.1) is 0 Å². The Labute approximate surface area is 151 Å². The fourth-order valence-electron chi connectivity index (χ4n) is 3.31. The fourth-order valence-corrected chi connectivity index (χ4v) is 3.31. The van der Waals surface area contributed by atoms with Crippen molar-refractivity contribution in [2.75, 3.05) is 18.4 Å². The van der Waals surface area contributed by atoms with Gasteiger partial charge in [-0.25, -0.2) is 4.79 Å². The highest BCUT2D eigenvalue weighted by atomic mass is 16.4. The molecule has 0 spiro atoms. The van der Waals surface area contributed by atoms with Gasteiger partial charge in [0.15, 0.2) is 0 Å². The van der Waals surface area contributed by atoms with Crippen molar-refractivity contribution in [1.29, 1.82) is 0 Å². The van der Waals surface area contributed by atoms with Crippen molar-refractivity contribution in [2.24, 2.45) is 0 Å². The van der Waals surface area contributed by atoms with Crippen LogP contribution in [-0.4, -0.2) is 23.9 Å². The van der Waals surface area contributed by atoms with Crippen LogP contribution in [0.4, 0.5) is 5.69 Å². The summed E-state index contributed by atoms with van der Waals surface area (Å²) >= 11 is 0. The van der Waals surface area contributed by atoms with Gasteiger partial charge in [0.1, 0.15) is 11.1 Å². The first-order valence-electron chi connectivity index (χ1n) is 8.84. The summed E-state index contributed by atoms with van der Waals surface area (Å²) < 4.78 is 5.22. The molecule has 1 aliphatic rings. The van der Waals surface area contributed by atoms with E-state index in [-0.39, 0.29) is 5.56 Å². The van der Waals surface area contributed by atoms with E-state index >= 15 is 0 Å². The molecule has 0 radical (unpaired) electrons. The number of likely N-dealkylation sites (tertiary alicyclic amines) is 1. The SMILES string of the molecule is O=C(Nc1ccc(CN2CCCC2)cc1)c1cc2ccccc2oc1=O. The number of fused-ring (bicyclic) bond motifs is 1. The van der Waals surface area contributed by atoms with Gasteiger partial charge in [0, 0.05) is 17.6 Å². The van der Waals surface area contributed by atoms with E-state index in [1.54, 1.807) is 18.2 Å². The zero-order valence-corrected chi connectivity index (χ0v) is 14.4. The summed E-state index contributed by atoms with van der Waals surface area (Å²) in [6.45, 7) is 3.23. The van der Waals surface area contributed by atoms with Crippen LogP contribution in [0.5, 0.6) is 0 Å². The van der Waals surface area contributed by atoms with Gasteiger partial charge >= 0.3 is 5.63 Å². The molecule has 5 heteroatoms. The van der Waals surface area contributed by atoms with Crippen LogP contribution in [-0.2, 0) is 6.54 Å². The molecule has 26 heavy (non-hydrogen) atoms. The predicted molar refractivity (Wildman–Crippen MR) is 101 cm³/mol. The zero-order chi connectivity index (χ0) is 17.9. The van der Waals surface area contributed by atoms with E-state index in [1.807, 2.05) is 36.4 Å². The summed E-state index contributed by atoms with van der Waals surface area (Å²) in [7, 11) is 0. The van der Waals surface area contributed by atoms with Gasteiger partial charge in [-0.1, -0.05) is 30.3 Å². The van der Waals surface area contributed by atoms with Gasteiger partial charge in [-0.15, -0.1) is 0 Å². The molecular weight excluding hydrogens is 328 g/mol. The molecule has 2 aromatic carbocycles. The number of rotatable bonds is 4. The number of hydrogen-bond donors (Lipinski definition) is 1. The Morgan fingerprint density at radius 3 is 2.54 bits per heavy atom. The average molecular weight is 348 g/mol. The topological polar surface area (TPSA) is 62.6 Å². The van der Waals surface area contributed by atoms with Gasteiger partial charge in [-0.2, -0.15) is 0 Å². The van der Waals surface area contributed by atoms with Gasteiger partial charge < -0.3 is 9.73 Å². The third-order valence-corrected chi connectivity index (χ3v) is 4.70. The fraction of sp³-hybridized carbons (Fsp3) is 0.238. The molecule has 0 unspecified atom stereocenters. The summed E-state index contributed by atoms with van der Waals surface area (Å²) in [5.41, 5.74) is 1.72. The molecule has 5 nitrogen and oxygen atoms in total. The van der Waals surface area contributed by atoms with Crippen LogP contribution < -0.4 is 10.9 Å². The minimum absolute atomic E-state index is 0.00448. The van der Waals surface area contributed by atoms with Crippen LogP contribution in [0.15, 0.2) is 63.8 Å². The van der Waals surface area contributed by atoms with Crippen molar-refractivity contribution >= 4 is 22.6 Å². The largest absolute Gasteiger partial charge is 0.422 e. The second-order valence-corrected chi connectivity index (χ2v) is 6.62. The van der Waals surface area contributed by atoms with Crippen LogP contribution in [0.25, 0.3) is 11.0 Å². The lowest BCUT2D eigenvalue weighted by atomic mass is 10.1. The van der Waals surface area contributed by atoms with E-state index in [0.29, 0.717) is 11.3 Å². The molecule has 3 aromatic rings. The van der Waals surface area contributed by atoms with Gasteiger partial charge in [-0.3, -0.25) is 9.69 Å². The maximum atomic E-state index is 12.5. The number of nitrogens with one attached hydrogen (secondary N) is 1. The lowest BCUT2D eigenvalue weighted by Crippen LogP contribution is -2.21. The summed E-state index contributed by atoms with van der Waals surface area (Å²) in [6, 6.07) is 16.5. The molecule has 0 saturated carbocycles. The number of nitrogens with zero attached hydrogens (tertiary/aromatic N) is 1. The van der Waals surface area contributed by atoms with E-state index in [1.165, 1.54) is 18.4 Å². The minimum atomic E-state index is -0.633. The first-order chi connectivity index (χ1) is 12.7. The van der Waals surface area contributed by atoms with E-state index in [2.05, 4.69) is 10.2 Å². The number of anilines is 1. The lowest BCUT2D eigenvalue weighted by Gasteiger charge is -2.14. The Kier molecular flexibility index (Phi) is 4.54. The van der Waals surface area contributed by atoms with E-state index in [4.69, 9.17) is 4.42 Å². The Balaban J connectivity index is 1.49. The Morgan fingerprint density at radius 2 is 1.77 bits per heavy atom. The normalized spacial score (nSPS) is 14.6. The van der Waals surface area contributed by atoms with Gasteiger partial charge in [0.25, 0.3) is 5.91 Å². The molecule has 1 aliphatic heterocycles. The van der Waals surface area contributed by atoms with Crippen LogP contribution in [0.3, 0.4) is 0 Å². The van der Waals surface area contributed by atoms with Crippen molar-refractivity contribution in [3.8, 4) is 0 Å². The second-order valence-electron chi connectivity index (χ2n) is 6.62. The minimum Gasteiger partial charge on any atom is -0.422 e. The van der Waals surface area contributed by atoms with Crippen molar-refractivity contribution in [1.82, 2.24) is 4.90 Å². The van der Waals surface area contributed by atoms with Crippen LogP contribution >= 0.6 is 0 Å². The first-order valence-corrected chi connectivity index (χ1v) is 8.84. The molecule has 1 N–H and O–H groups in total. The average Bonchev–Trinajstić information content (AvgIpc) is 3.16. The highest BCUT2D eigenvalue weighted by Gasteiger charge is 2.14. The van der Waals surface area contributed by atoms with Crippen molar-refractivity contribution < 1.29 is 9.21 Å². The quantitative estimate of drug-likeness (QED) is 0.731. The molecule has 0 bridgehead atoms. The smallest absolute Gasteiger partial charge is 0.349 e. The van der Waals surface area contributed by atoms with E-state index in [0.717, 1.165) is 25.0 Å². The highest BCUT2D eigenvalue weighted by Crippen LogP contribution is 2.17. The zero-order valence-electron chi connectivity index (χ0n) is 14.4. The monoisotopic (exact) mass is 348 g/mol. The second kappa shape index (κ2) is 7.14. The predicted octanol–water partition coefficient (Wildman–Crippen LogP) is 3.64. The van der Waals surface area contributed by atoms with E-state index < -0.39 is 11.5 Å². The number of para-hydroxylation sites is 1. The first kappa shape index (κ1) is 16.5. The standard InChI is InChI=1S/C21H20N2O3/c24-20(18-13-16-5-1-2-6-19(16)26-21(18)25)22-17-9-7-15(8-10-17)14-23-11-3-4-12-23/h1-2,5-10,13H,3-4,11-12,14H2,(H,22,24). The van der Waals surface area contributed by atoms with Crippen LogP contribution in [0, 0.1) is 0 Å². The number of hydrogen-bond acceptors (Lipinski definition) is 4. The maximum absolute atomic E-state index is 12.5. The van der Waals surface area contributed by atoms with E-state index in [9.17, 15) is 9.59 Å². The highest BCUT2D eigenvalue weighted by molar-refractivity contribution is 6.05. The van der Waals surface area contributed by atoms with Gasteiger partial charge in [0.2, 0.25) is 0 Å². The number of carbonyl (C=O) groups excluding carboxylic acids is 1. The third kappa shape index (κ3) is 3.53. The molecular formula is C21H20N2O3. The molecule has 1 amide bonds. The Bertz CT molecular complexity index is 986. The maximum Gasteiger partial charge on any atom is 0.349 e. The molecule has 1 saturated heterocycles.